The van der Waals surface area contributed by atoms with Gasteiger partial charge in [-0.25, -0.2) is 0 Å². The Balaban J connectivity index is 1.82. The molecular formula is C14H18ClNS. The second-order valence-electron chi connectivity index (χ2n) is 5.03. The van der Waals surface area contributed by atoms with Gasteiger partial charge in [-0.3, -0.25) is 0 Å². The minimum atomic E-state index is 0.666. The lowest BCUT2D eigenvalue weighted by Gasteiger charge is -2.15. The molecule has 3 heteroatoms. The molecule has 0 bridgehead atoms. The highest BCUT2D eigenvalue weighted by molar-refractivity contribution is 7.99. The lowest BCUT2D eigenvalue weighted by Crippen LogP contribution is -2.08. The van der Waals surface area contributed by atoms with Gasteiger partial charge in [-0.15, -0.1) is 0 Å². The summed E-state index contributed by atoms with van der Waals surface area (Å²) in [4.78, 5) is 0. The smallest absolute Gasteiger partial charge is 0.0443 e. The van der Waals surface area contributed by atoms with E-state index in [0.29, 0.717) is 11.8 Å². The zero-order chi connectivity index (χ0) is 11.7. The number of benzene rings is 1. The number of hydrogen-bond acceptors (Lipinski definition) is 2. The maximum absolute atomic E-state index is 6.46. The van der Waals surface area contributed by atoms with Gasteiger partial charge in [-0.1, -0.05) is 23.7 Å². The predicted octanol–water partition coefficient (Wildman–Crippen LogP) is 3.64. The van der Waals surface area contributed by atoms with Gasteiger partial charge < -0.3 is 5.32 Å². The first-order chi connectivity index (χ1) is 8.34. The molecule has 0 saturated carbocycles. The summed E-state index contributed by atoms with van der Waals surface area (Å²) in [6, 6.07) is 6.77. The Kier molecular flexibility index (Phi) is 3.64. The van der Waals surface area contributed by atoms with Crippen LogP contribution in [0.1, 0.15) is 35.8 Å². The summed E-state index contributed by atoms with van der Waals surface area (Å²) in [6.45, 7) is 2.25. The lowest BCUT2D eigenvalue weighted by atomic mass is 9.93. The van der Waals surface area contributed by atoms with E-state index in [-0.39, 0.29) is 0 Å². The van der Waals surface area contributed by atoms with Crippen LogP contribution in [0, 0.1) is 0 Å². The molecule has 0 radical (unpaired) electrons. The number of rotatable bonds is 2. The molecule has 3 rings (SSSR count). The van der Waals surface area contributed by atoms with E-state index in [4.69, 9.17) is 11.6 Å². The van der Waals surface area contributed by atoms with E-state index in [2.05, 4.69) is 23.5 Å². The zero-order valence-electron chi connectivity index (χ0n) is 9.92. The van der Waals surface area contributed by atoms with Crippen LogP contribution >= 0.6 is 23.4 Å². The quantitative estimate of drug-likeness (QED) is 0.878. The molecule has 92 valence electrons. The Morgan fingerprint density at radius 2 is 2.18 bits per heavy atom. The molecule has 0 aromatic heterocycles. The van der Waals surface area contributed by atoms with Crippen LogP contribution in [-0.2, 0) is 0 Å². The Bertz CT molecular complexity index is 395. The molecule has 2 heterocycles. The molecule has 2 aliphatic heterocycles. The fourth-order valence-electron chi connectivity index (χ4n) is 2.85. The van der Waals surface area contributed by atoms with Gasteiger partial charge >= 0.3 is 0 Å². The van der Waals surface area contributed by atoms with Crippen molar-refractivity contribution in [3.05, 3.63) is 34.3 Å². The molecule has 0 spiro atoms. The molecule has 2 unspecified atom stereocenters. The van der Waals surface area contributed by atoms with Gasteiger partial charge in [0.15, 0.2) is 0 Å². The van der Waals surface area contributed by atoms with Crippen molar-refractivity contribution in [2.24, 2.45) is 0 Å². The summed E-state index contributed by atoms with van der Waals surface area (Å²) >= 11 is 8.50. The van der Waals surface area contributed by atoms with Gasteiger partial charge in [-0.05, 0) is 54.2 Å². The molecule has 1 nitrogen and oxygen atoms in total. The van der Waals surface area contributed by atoms with Crippen LogP contribution in [0.4, 0.5) is 0 Å². The van der Waals surface area contributed by atoms with Crippen LogP contribution in [0.15, 0.2) is 18.2 Å². The van der Waals surface area contributed by atoms with Gasteiger partial charge in [0, 0.05) is 17.3 Å². The van der Waals surface area contributed by atoms with Crippen molar-refractivity contribution >= 4 is 23.4 Å². The molecule has 1 aromatic rings. The Hall–Kier alpha value is -0.180. The monoisotopic (exact) mass is 267 g/mol. The van der Waals surface area contributed by atoms with E-state index in [0.717, 1.165) is 18.1 Å². The van der Waals surface area contributed by atoms with Crippen LogP contribution in [-0.4, -0.2) is 24.6 Å². The first-order valence-corrected chi connectivity index (χ1v) is 7.95. The molecule has 2 saturated heterocycles. The summed E-state index contributed by atoms with van der Waals surface area (Å²) in [5.74, 6) is 3.88. The van der Waals surface area contributed by atoms with Gasteiger partial charge in [-0.2, -0.15) is 11.8 Å². The fourth-order valence-corrected chi connectivity index (χ4v) is 4.44. The van der Waals surface area contributed by atoms with E-state index in [1.54, 1.807) is 0 Å². The second-order valence-corrected chi connectivity index (χ2v) is 6.59. The van der Waals surface area contributed by atoms with Crippen LogP contribution in [0.2, 0.25) is 5.02 Å². The first kappa shape index (κ1) is 11.9. The van der Waals surface area contributed by atoms with Crippen molar-refractivity contribution in [2.75, 3.05) is 24.6 Å². The van der Waals surface area contributed by atoms with Gasteiger partial charge in [0.25, 0.3) is 0 Å². The molecule has 0 amide bonds. The minimum Gasteiger partial charge on any atom is -0.316 e. The maximum Gasteiger partial charge on any atom is 0.0443 e. The van der Waals surface area contributed by atoms with Gasteiger partial charge in [0.2, 0.25) is 0 Å². The summed E-state index contributed by atoms with van der Waals surface area (Å²) in [5.41, 5.74) is 2.78. The van der Waals surface area contributed by atoms with Crippen LogP contribution < -0.4 is 5.32 Å². The van der Waals surface area contributed by atoms with E-state index >= 15 is 0 Å². The van der Waals surface area contributed by atoms with Crippen LogP contribution in [0.3, 0.4) is 0 Å². The standard InChI is InChI=1S/C14H18ClNS/c15-14-7-10(11-3-5-16-8-11)1-2-13(14)12-4-6-17-9-12/h1-2,7,11-12,16H,3-6,8-9H2. The van der Waals surface area contributed by atoms with E-state index < -0.39 is 0 Å². The van der Waals surface area contributed by atoms with E-state index in [9.17, 15) is 0 Å². The van der Waals surface area contributed by atoms with Crippen molar-refractivity contribution in [3.8, 4) is 0 Å². The summed E-state index contributed by atoms with van der Waals surface area (Å²) in [6.07, 6.45) is 2.53. The second kappa shape index (κ2) is 5.21. The Morgan fingerprint density at radius 3 is 2.82 bits per heavy atom. The van der Waals surface area contributed by atoms with Crippen molar-refractivity contribution in [2.45, 2.75) is 24.7 Å². The highest BCUT2D eigenvalue weighted by Crippen LogP contribution is 2.37. The SMILES string of the molecule is Clc1cc(C2CCNC2)ccc1C1CCSC1. The van der Waals surface area contributed by atoms with Crippen molar-refractivity contribution in [3.63, 3.8) is 0 Å². The molecule has 0 aliphatic carbocycles. The maximum atomic E-state index is 6.46. The van der Waals surface area contributed by atoms with Crippen molar-refractivity contribution in [1.82, 2.24) is 5.32 Å². The van der Waals surface area contributed by atoms with E-state index in [1.165, 1.54) is 35.5 Å². The predicted molar refractivity (Wildman–Crippen MR) is 76.4 cm³/mol. The number of nitrogens with one attached hydrogen (secondary N) is 1. The number of halogens is 1. The number of thioether (sulfide) groups is 1. The van der Waals surface area contributed by atoms with Gasteiger partial charge in [0.05, 0.1) is 0 Å². The highest BCUT2D eigenvalue weighted by atomic mass is 35.5. The number of hydrogen-bond donors (Lipinski definition) is 1. The molecule has 2 atom stereocenters. The third-order valence-electron chi connectivity index (χ3n) is 3.93. The third kappa shape index (κ3) is 2.49. The normalized spacial score (nSPS) is 28.8. The third-order valence-corrected chi connectivity index (χ3v) is 5.42. The molecule has 2 fully saturated rings. The van der Waals surface area contributed by atoms with Crippen molar-refractivity contribution in [1.29, 1.82) is 0 Å². The highest BCUT2D eigenvalue weighted by Gasteiger charge is 2.22. The summed E-state index contributed by atoms with van der Waals surface area (Å²) < 4.78 is 0. The van der Waals surface area contributed by atoms with Crippen LogP contribution in [0.25, 0.3) is 0 Å². The van der Waals surface area contributed by atoms with Crippen molar-refractivity contribution < 1.29 is 0 Å². The fraction of sp³-hybridized carbons (Fsp3) is 0.571. The Labute approximate surface area is 112 Å². The minimum absolute atomic E-state index is 0.666. The average molecular weight is 268 g/mol. The topological polar surface area (TPSA) is 12.0 Å². The zero-order valence-corrected chi connectivity index (χ0v) is 11.5. The lowest BCUT2D eigenvalue weighted by molar-refractivity contribution is 0.755. The average Bonchev–Trinajstić information content (AvgIpc) is 3.02. The molecule has 17 heavy (non-hydrogen) atoms. The summed E-state index contributed by atoms with van der Waals surface area (Å²) in [5, 5.41) is 4.40. The van der Waals surface area contributed by atoms with Gasteiger partial charge in [0.1, 0.15) is 0 Å². The summed E-state index contributed by atoms with van der Waals surface area (Å²) in [7, 11) is 0. The largest absolute Gasteiger partial charge is 0.316 e. The first-order valence-electron chi connectivity index (χ1n) is 6.42. The molecule has 1 aromatic carbocycles. The molecule has 2 aliphatic rings. The van der Waals surface area contributed by atoms with E-state index in [1.807, 2.05) is 11.8 Å². The Morgan fingerprint density at radius 1 is 1.24 bits per heavy atom. The molecule has 1 N–H and O–H groups in total. The van der Waals surface area contributed by atoms with Crippen LogP contribution in [0.5, 0.6) is 0 Å². The molecular weight excluding hydrogens is 250 g/mol.